The summed E-state index contributed by atoms with van der Waals surface area (Å²) in [5.41, 5.74) is 1.65. The van der Waals surface area contributed by atoms with Gasteiger partial charge in [0.25, 0.3) is 0 Å². The molecule has 1 aliphatic rings. The third-order valence-corrected chi connectivity index (χ3v) is 3.65. The fourth-order valence-electron chi connectivity index (χ4n) is 2.57. The van der Waals surface area contributed by atoms with Crippen molar-refractivity contribution in [2.75, 3.05) is 11.9 Å². The largest absolute Gasteiger partial charge is 0.480 e. The number of hydrogen-bond acceptors (Lipinski definition) is 3. The zero-order chi connectivity index (χ0) is 15.6. The minimum atomic E-state index is -1.10. The van der Waals surface area contributed by atoms with Crippen LogP contribution in [0.15, 0.2) is 24.3 Å². The lowest BCUT2D eigenvalue weighted by Crippen LogP contribution is -2.43. The van der Waals surface area contributed by atoms with Crippen molar-refractivity contribution in [3.05, 3.63) is 29.8 Å². The number of aliphatic hydroxyl groups excluding tert-OH is 1. The van der Waals surface area contributed by atoms with E-state index in [-0.39, 0.29) is 18.9 Å². The first-order valence-electron chi connectivity index (χ1n) is 6.97. The quantitative estimate of drug-likeness (QED) is 0.793. The lowest BCUT2D eigenvalue weighted by molar-refractivity contribution is -0.141. The van der Waals surface area contributed by atoms with Crippen LogP contribution in [-0.4, -0.2) is 45.8 Å². The number of benzene rings is 1. The second kappa shape index (κ2) is 6.13. The van der Waals surface area contributed by atoms with Gasteiger partial charge in [0.05, 0.1) is 6.10 Å². The van der Waals surface area contributed by atoms with Crippen molar-refractivity contribution in [1.82, 2.24) is 4.90 Å². The molecule has 1 heterocycles. The highest BCUT2D eigenvalue weighted by molar-refractivity contribution is 5.93. The standard InChI is InChI=1S/C15H20N2O4/c1-9(2)11-5-3-4-6-12(11)16-15(21)17-8-10(18)7-13(17)14(19)20/h3-6,9-10,13,18H,7-8H2,1-2H3,(H,16,21)(H,19,20)/t10?,13-/m0/s1. The van der Waals surface area contributed by atoms with E-state index in [9.17, 15) is 14.7 Å². The number of amides is 2. The molecule has 21 heavy (non-hydrogen) atoms. The molecule has 1 aliphatic heterocycles. The third kappa shape index (κ3) is 3.33. The zero-order valence-electron chi connectivity index (χ0n) is 12.1. The highest BCUT2D eigenvalue weighted by Gasteiger charge is 2.39. The van der Waals surface area contributed by atoms with E-state index in [1.807, 2.05) is 32.0 Å². The predicted molar refractivity (Wildman–Crippen MR) is 78.3 cm³/mol. The molecule has 0 saturated carbocycles. The average molecular weight is 292 g/mol. The van der Waals surface area contributed by atoms with Gasteiger partial charge in [-0.1, -0.05) is 32.0 Å². The molecule has 1 fully saturated rings. The lowest BCUT2D eigenvalue weighted by atomic mass is 10.0. The number of para-hydroxylation sites is 1. The average Bonchev–Trinajstić information content (AvgIpc) is 2.81. The van der Waals surface area contributed by atoms with Crippen molar-refractivity contribution in [3.8, 4) is 0 Å². The van der Waals surface area contributed by atoms with E-state index in [1.165, 1.54) is 4.90 Å². The van der Waals surface area contributed by atoms with Gasteiger partial charge in [-0.25, -0.2) is 9.59 Å². The molecule has 0 aromatic heterocycles. The molecule has 2 atom stereocenters. The molecule has 1 aromatic carbocycles. The molecule has 6 heteroatoms. The minimum Gasteiger partial charge on any atom is -0.480 e. The van der Waals surface area contributed by atoms with E-state index >= 15 is 0 Å². The Hall–Kier alpha value is -2.08. The van der Waals surface area contributed by atoms with Crippen molar-refractivity contribution >= 4 is 17.7 Å². The summed E-state index contributed by atoms with van der Waals surface area (Å²) in [6, 6.07) is 5.95. The minimum absolute atomic E-state index is 0.0344. The number of anilines is 1. The van der Waals surface area contributed by atoms with Crippen LogP contribution in [0.4, 0.5) is 10.5 Å². The van der Waals surface area contributed by atoms with Crippen LogP contribution in [-0.2, 0) is 4.79 Å². The summed E-state index contributed by atoms with van der Waals surface area (Å²) < 4.78 is 0. The summed E-state index contributed by atoms with van der Waals surface area (Å²) in [6.07, 6.45) is -0.730. The predicted octanol–water partition coefficient (Wildman–Crippen LogP) is 1.86. The molecular formula is C15H20N2O4. The lowest BCUT2D eigenvalue weighted by Gasteiger charge is -2.23. The number of rotatable bonds is 3. The van der Waals surface area contributed by atoms with Gasteiger partial charge in [0.15, 0.2) is 0 Å². The summed E-state index contributed by atoms with van der Waals surface area (Å²) in [7, 11) is 0. The van der Waals surface area contributed by atoms with E-state index in [4.69, 9.17) is 5.11 Å². The van der Waals surface area contributed by atoms with Crippen LogP contribution in [0.3, 0.4) is 0 Å². The van der Waals surface area contributed by atoms with Crippen LogP contribution in [0.25, 0.3) is 0 Å². The van der Waals surface area contributed by atoms with E-state index in [1.54, 1.807) is 6.07 Å². The monoisotopic (exact) mass is 292 g/mol. The van der Waals surface area contributed by atoms with Crippen molar-refractivity contribution in [3.63, 3.8) is 0 Å². The first kappa shape index (κ1) is 15.3. The van der Waals surface area contributed by atoms with Crippen LogP contribution < -0.4 is 5.32 Å². The number of aliphatic hydroxyl groups is 1. The Morgan fingerprint density at radius 3 is 2.62 bits per heavy atom. The first-order chi connectivity index (χ1) is 9.90. The molecule has 6 nitrogen and oxygen atoms in total. The zero-order valence-corrected chi connectivity index (χ0v) is 12.1. The Labute approximate surface area is 123 Å². The second-order valence-corrected chi connectivity index (χ2v) is 5.57. The molecule has 2 amide bonds. The molecule has 3 N–H and O–H groups in total. The Morgan fingerprint density at radius 2 is 2.00 bits per heavy atom. The number of carboxylic acids is 1. The van der Waals surface area contributed by atoms with Gasteiger partial charge in [0, 0.05) is 18.7 Å². The topological polar surface area (TPSA) is 89.9 Å². The van der Waals surface area contributed by atoms with Gasteiger partial charge in [-0.05, 0) is 17.5 Å². The van der Waals surface area contributed by atoms with Gasteiger partial charge in [0.1, 0.15) is 6.04 Å². The smallest absolute Gasteiger partial charge is 0.326 e. The number of aliphatic carboxylic acids is 1. The van der Waals surface area contributed by atoms with Crippen LogP contribution in [0.2, 0.25) is 0 Å². The molecule has 1 unspecified atom stereocenters. The number of carbonyl (C=O) groups excluding carboxylic acids is 1. The Kier molecular flexibility index (Phi) is 4.47. The first-order valence-corrected chi connectivity index (χ1v) is 6.97. The maximum absolute atomic E-state index is 12.3. The summed E-state index contributed by atoms with van der Waals surface area (Å²) in [4.78, 5) is 24.6. The fraction of sp³-hybridized carbons (Fsp3) is 0.467. The van der Waals surface area contributed by atoms with Gasteiger partial charge < -0.3 is 20.4 Å². The van der Waals surface area contributed by atoms with Crippen LogP contribution in [0, 0.1) is 0 Å². The Balaban J connectivity index is 2.16. The van der Waals surface area contributed by atoms with Gasteiger partial charge in [-0.15, -0.1) is 0 Å². The van der Waals surface area contributed by atoms with E-state index in [0.29, 0.717) is 5.69 Å². The maximum atomic E-state index is 12.3. The molecule has 0 aliphatic carbocycles. The van der Waals surface area contributed by atoms with Gasteiger partial charge in [-0.2, -0.15) is 0 Å². The van der Waals surface area contributed by atoms with Crippen LogP contribution in [0.5, 0.6) is 0 Å². The van der Waals surface area contributed by atoms with Crippen molar-refractivity contribution in [2.45, 2.75) is 38.3 Å². The van der Waals surface area contributed by atoms with E-state index in [0.717, 1.165) is 5.56 Å². The number of nitrogens with one attached hydrogen (secondary N) is 1. The number of carboxylic acid groups (broad SMARTS) is 1. The molecule has 114 valence electrons. The molecule has 0 bridgehead atoms. The highest BCUT2D eigenvalue weighted by Crippen LogP contribution is 2.25. The summed E-state index contributed by atoms with van der Waals surface area (Å²) in [5, 5.41) is 21.5. The number of hydrogen-bond donors (Lipinski definition) is 3. The van der Waals surface area contributed by atoms with Crippen molar-refractivity contribution in [2.24, 2.45) is 0 Å². The Morgan fingerprint density at radius 1 is 1.33 bits per heavy atom. The van der Waals surface area contributed by atoms with Crippen molar-refractivity contribution < 1.29 is 19.8 Å². The molecule has 1 aromatic rings. The summed E-state index contributed by atoms with van der Waals surface area (Å²) in [6.45, 7) is 4.07. The normalized spacial score (nSPS) is 21.6. The van der Waals surface area contributed by atoms with Gasteiger partial charge in [0.2, 0.25) is 0 Å². The van der Waals surface area contributed by atoms with Gasteiger partial charge in [-0.3, -0.25) is 0 Å². The maximum Gasteiger partial charge on any atom is 0.326 e. The third-order valence-electron chi connectivity index (χ3n) is 3.65. The molecule has 0 radical (unpaired) electrons. The van der Waals surface area contributed by atoms with E-state index < -0.39 is 24.1 Å². The molecule has 1 saturated heterocycles. The highest BCUT2D eigenvalue weighted by atomic mass is 16.4. The van der Waals surface area contributed by atoms with Gasteiger partial charge >= 0.3 is 12.0 Å². The summed E-state index contributed by atoms with van der Waals surface area (Å²) >= 11 is 0. The van der Waals surface area contributed by atoms with Crippen molar-refractivity contribution in [1.29, 1.82) is 0 Å². The number of β-amino-alcohol motifs (C(OH)–C–C–N with tert-alkyl or cyclic N) is 1. The molecule has 2 rings (SSSR count). The second-order valence-electron chi connectivity index (χ2n) is 5.57. The number of nitrogens with zero attached hydrogens (tertiary/aromatic N) is 1. The Bertz CT molecular complexity index is 544. The number of urea groups is 1. The molecule has 0 spiro atoms. The summed E-state index contributed by atoms with van der Waals surface area (Å²) in [5.74, 6) is -0.861. The molecular weight excluding hydrogens is 272 g/mol. The van der Waals surface area contributed by atoms with E-state index in [2.05, 4.69) is 5.32 Å². The number of likely N-dealkylation sites (tertiary alicyclic amines) is 1. The van der Waals surface area contributed by atoms with Crippen LogP contribution in [0.1, 0.15) is 31.7 Å². The number of carbonyl (C=O) groups is 2. The fourth-order valence-corrected chi connectivity index (χ4v) is 2.57. The van der Waals surface area contributed by atoms with Crippen LogP contribution >= 0.6 is 0 Å². The SMILES string of the molecule is CC(C)c1ccccc1NC(=O)N1CC(O)C[C@H]1C(=O)O.